The molecule has 0 aliphatic rings. The third kappa shape index (κ3) is 14.3. The quantitative estimate of drug-likeness (QED) is 0.103. The van der Waals surface area contributed by atoms with Crippen LogP contribution in [0.4, 0.5) is 18.9 Å². The normalized spacial score (nSPS) is 11.3. The summed E-state index contributed by atoms with van der Waals surface area (Å²) in [5.74, 6) is -0.292. The van der Waals surface area contributed by atoms with Crippen molar-refractivity contribution in [3.63, 3.8) is 0 Å². The summed E-state index contributed by atoms with van der Waals surface area (Å²) >= 11 is 0. The van der Waals surface area contributed by atoms with Crippen LogP contribution in [0.3, 0.4) is 0 Å². The van der Waals surface area contributed by atoms with Gasteiger partial charge in [0, 0.05) is 44.5 Å². The van der Waals surface area contributed by atoms with E-state index in [1.807, 2.05) is 13.8 Å². The number of alkyl halides is 3. The molecule has 16 heteroatoms. The Hall–Kier alpha value is -4.09. The summed E-state index contributed by atoms with van der Waals surface area (Å²) in [6.07, 6.45) is -0.793. The Labute approximate surface area is 266 Å². The smallest absolute Gasteiger partial charge is 0.423 e. The van der Waals surface area contributed by atoms with Crippen LogP contribution >= 0.6 is 0 Å². The van der Waals surface area contributed by atoms with Crippen LogP contribution in [0.15, 0.2) is 54.7 Å². The van der Waals surface area contributed by atoms with Gasteiger partial charge in [-0.3, -0.25) is 19.4 Å². The highest BCUT2D eigenvalue weighted by molar-refractivity contribution is 6.58. The van der Waals surface area contributed by atoms with Crippen LogP contribution in [-0.2, 0) is 27.0 Å². The Kier molecular flexibility index (Phi) is 18.1. The fourth-order valence-corrected chi connectivity index (χ4v) is 3.93. The zero-order valence-corrected chi connectivity index (χ0v) is 26.0. The third-order valence-electron chi connectivity index (χ3n) is 6.43. The molecule has 0 saturated carbocycles. The lowest BCUT2D eigenvalue weighted by atomic mass is 9.80. The molecule has 0 aliphatic carbocycles. The predicted molar refractivity (Wildman–Crippen MR) is 173 cm³/mol. The highest BCUT2D eigenvalue weighted by Gasteiger charge is 2.29. The van der Waals surface area contributed by atoms with E-state index in [-0.39, 0.29) is 18.2 Å². The Morgan fingerprint density at radius 1 is 1.04 bits per heavy atom. The van der Waals surface area contributed by atoms with Gasteiger partial charge in [0.2, 0.25) is 18.2 Å². The van der Waals surface area contributed by atoms with Gasteiger partial charge < -0.3 is 42.8 Å². The minimum atomic E-state index is -4.22. The Morgan fingerprint density at radius 3 is 2.17 bits per heavy atom. The average Bonchev–Trinajstić information content (AvgIpc) is 3.03. The summed E-state index contributed by atoms with van der Waals surface area (Å²) in [5.41, 5.74) is 18.5. The Bertz CT molecular complexity index is 1360. The lowest BCUT2D eigenvalue weighted by Gasteiger charge is -2.21. The summed E-state index contributed by atoms with van der Waals surface area (Å²) in [7, 11) is -1.51. The molecule has 12 nitrogen and oxygen atoms in total. The number of hydrogen-bond donors (Lipinski definition) is 7. The number of carbonyl (C=O) groups excluding carboxylic acids is 3. The van der Waals surface area contributed by atoms with Crippen molar-refractivity contribution in [3.05, 3.63) is 65.9 Å². The number of anilines is 1. The first-order valence-corrected chi connectivity index (χ1v) is 14.6. The van der Waals surface area contributed by atoms with Crippen LogP contribution in [0.25, 0.3) is 10.9 Å². The molecule has 1 unspecified atom stereocenters. The second-order valence-corrected chi connectivity index (χ2v) is 9.86. The van der Waals surface area contributed by atoms with Crippen LogP contribution in [0, 0.1) is 0 Å². The molecular weight excluding hydrogens is 606 g/mol. The first-order chi connectivity index (χ1) is 21.8. The first-order valence-electron chi connectivity index (χ1n) is 14.6. The Morgan fingerprint density at radius 2 is 1.67 bits per heavy atom. The molecule has 252 valence electrons. The SMILES string of the molecule is CCNC(=O)C(N)CCC(=O)N(CCN)CCN.CCc1ccc(C(F)(F)F)cc1.O=CNc1cnc2ccc(B(O)O)cc2c1. The maximum atomic E-state index is 12.0. The molecule has 1 atom stereocenters. The molecule has 0 bridgehead atoms. The molecule has 3 aromatic rings. The second kappa shape index (κ2) is 20.8. The number of nitrogens with two attached hydrogens (primary N) is 3. The van der Waals surface area contributed by atoms with E-state index in [9.17, 15) is 27.6 Å². The summed E-state index contributed by atoms with van der Waals surface area (Å²) in [6.45, 7) is 6.01. The predicted octanol–water partition coefficient (Wildman–Crippen LogP) is 0.727. The van der Waals surface area contributed by atoms with Gasteiger partial charge in [0.1, 0.15) is 0 Å². The maximum Gasteiger partial charge on any atom is 0.488 e. The molecule has 0 radical (unpaired) electrons. The first kappa shape index (κ1) is 39.9. The Balaban J connectivity index is 0.000000351. The number of rotatable bonds is 13. The summed E-state index contributed by atoms with van der Waals surface area (Å²) in [6, 6.07) is 11.2. The number of pyridine rings is 1. The lowest BCUT2D eigenvalue weighted by molar-refractivity contribution is -0.137. The molecule has 1 aromatic heterocycles. The van der Waals surface area contributed by atoms with Crippen molar-refractivity contribution in [2.24, 2.45) is 17.2 Å². The zero-order valence-electron chi connectivity index (χ0n) is 26.0. The van der Waals surface area contributed by atoms with Crippen LogP contribution in [0.1, 0.15) is 37.8 Å². The van der Waals surface area contributed by atoms with Gasteiger partial charge in [-0.05, 0) is 55.1 Å². The van der Waals surface area contributed by atoms with Crippen LogP contribution in [0.5, 0.6) is 0 Å². The van der Waals surface area contributed by atoms with Gasteiger partial charge in [-0.2, -0.15) is 13.2 Å². The number of benzene rings is 2. The van der Waals surface area contributed by atoms with Gasteiger partial charge in [0.25, 0.3) is 0 Å². The van der Waals surface area contributed by atoms with Crippen LogP contribution in [-0.4, -0.2) is 84.0 Å². The van der Waals surface area contributed by atoms with Crippen molar-refractivity contribution in [1.29, 1.82) is 0 Å². The second-order valence-electron chi connectivity index (χ2n) is 9.86. The monoisotopic (exact) mass is 649 g/mol. The van der Waals surface area contributed by atoms with E-state index in [1.165, 1.54) is 18.3 Å². The van der Waals surface area contributed by atoms with E-state index in [0.29, 0.717) is 56.7 Å². The minimum Gasteiger partial charge on any atom is -0.423 e. The van der Waals surface area contributed by atoms with E-state index in [4.69, 9.17) is 27.2 Å². The molecule has 0 saturated heterocycles. The summed E-state index contributed by atoms with van der Waals surface area (Å²) in [4.78, 5) is 39.2. The number of carbonyl (C=O) groups is 3. The highest BCUT2D eigenvalue weighted by Crippen LogP contribution is 2.29. The van der Waals surface area contributed by atoms with Crippen molar-refractivity contribution in [2.75, 3.05) is 38.0 Å². The number of hydrogen-bond acceptors (Lipinski definition) is 9. The highest BCUT2D eigenvalue weighted by atomic mass is 19.4. The molecule has 0 fully saturated rings. The third-order valence-corrected chi connectivity index (χ3v) is 6.43. The minimum absolute atomic E-state index is 0.0642. The number of fused-ring (bicyclic) bond motifs is 1. The number of nitrogens with one attached hydrogen (secondary N) is 2. The van der Waals surface area contributed by atoms with Crippen molar-refractivity contribution in [2.45, 2.75) is 45.3 Å². The van der Waals surface area contributed by atoms with Crippen molar-refractivity contribution < 1.29 is 37.6 Å². The average molecular weight is 650 g/mol. The number of nitrogens with zero attached hydrogens (tertiary/aromatic N) is 2. The van der Waals surface area contributed by atoms with Gasteiger partial charge in [-0.25, -0.2) is 0 Å². The lowest BCUT2D eigenvalue weighted by Crippen LogP contribution is -2.43. The van der Waals surface area contributed by atoms with E-state index in [1.54, 1.807) is 29.2 Å². The summed E-state index contributed by atoms with van der Waals surface area (Å²) < 4.78 is 36.1. The number of halogens is 3. The van der Waals surface area contributed by atoms with Crippen LogP contribution in [0.2, 0.25) is 0 Å². The molecule has 2 aromatic carbocycles. The number of aromatic nitrogens is 1. The largest absolute Gasteiger partial charge is 0.488 e. The zero-order chi connectivity index (χ0) is 34.7. The molecule has 3 rings (SSSR count). The van der Waals surface area contributed by atoms with Gasteiger partial charge in [-0.1, -0.05) is 31.2 Å². The van der Waals surface area contributed by atoms with E-state index < -0.39 is 24.9 Å². The number of likely N-dealkylation sites (N-methyl/N-ethyl adjacent to an activating group) is 1. The molecule has 46 heavy (non-hydrogen) atoms. The molecule has 1 heterocycles. The molecule has 3 amide bonds. The van der Waals surface area contributed by atoms with E-state index >= 15 is 0 Å². The molecule has 0 aliphatic heterocycles. The van der Waals surface area contributed by atoms with Gasteiger partial charge >= 0.3 is 13.3 Å². The maximum absolute atomic E-state index is 12.0. The van der Waals surface area contributed by atoms with Crippen LogP contribution < -0.4 is 33.3 Å². The van der Waals surface area contributed by atoms with Gasteiger partial charge in [-0.15, -0.1) is 0 Å². The standard InChI is InChI=1S/C11H25N5O2.C10H9BN2O3.C9H9F3/c1-2-15-11(18)9(14)3-4-10(17)16(7-5-12)8-6-13;14-6-13-9-4-7-3-8(11(15)16)1-2-10(7)12-5-9;1-2-7-3-5-8(6-4-7)9(10,11)12/h9H,2-8,12-14H2,1H3,(H,15,18);1-6,15-16H,(H,13,14);3-6H,2H2,1H3. The topological polar surface area (TPSA) is 210 Å². The number of amides is 3. The number of aryl methyl sites for hydroxylation is 1. The molecule has 10 N–H and O–H groups in total. The van der Waals surface area contributed by atoms with Crippen molar-refractivity contribution >= 4 is 47.4 Å². The fraction of sp³-hybridized carbons (Fsp3) is 0.400. The van der Waals surface area contributed by atoms with Gasteiger partial charge in [0.05, 0.1) is 29.0 Å². The van der Waals surface area contributed by atoms with Crippen molar-refractivity contribution in [1.82, 2.24) is 15.2 Å². The van der Waals surface area contributed by atoms with Gasteiger partial charge in [0.15, 0.2) is 0 Å². The molecule has 0 spiro atoms. The fourth-order valence-electron chi connectivity index (χ4n) is 3.93. The summed E-state index contributed by atoms with van der Waals surface area (Å²) in [5, 5.41) is 23.9. The van der Waals surface area contributed by atoms with Crippen molar-refractivity contribution in [3.8, 4) is 0 Å². The van der Waals surface area contributed by atoms with E-state index in [2.05, 4.69) is 15.6 Å². The molecular formula is C30H43BF3N7O5. The van der Waals surface area contributed by atoms with E-state index in [0.717, 1.165) is 35.0 Å².